The summed E-state index contributed by atoms with van der Waals surface area (Å²) >= 11 is 0. The molecule has 1 aromatic rings. The summed E-state index contributed by atoms with van der Waals surface area (Å²) in [5.41, 5.74) is 1.28. The molecule has 0 aromatic carbocycles. The summed E-state index contributed by atoms with van der Waals surface area (Å²) in [6, 6.07) is 4.69. The molecule has 2 heterocycles. The molecule has 1 atom stereocenters. The Morgan fingerprint density at radius 2 is 2.47 bits per heavy atom. The Hall–Kier alpha value is -0.970. The number of pyridine rings is 1. The zero-order valence-electron chi connectivity index (χ0n) is 10.4. The molecule has 1 aliphatic rings. The van der Waals surface area contributed by atoms with Crippen LogP contribution in [-0.2, 0) is 6.54 Å². The van der Waals surface area contributed by atoms with Crippen molar-refractivity contribution in [2.24, 2.45) is 0 Å². The first-order chi connectivity index (χ1) is 8.29. The van der Waals surface area contributed by atoms with E-state index in [1.165, 1.54) is 12.0 Å². The van der Waals surface area contributed by atoms with Crippen molar-refractivity contribution in [1.82, 2.24) is 14.8 Å². The van der Waals surface area contributed by atoms with Crippen LogP contribution in [0, 0.1) is 0 Å². The molecule has 1 unspecified atom stereocenters. The van der Waals surface area contributed by atoms with Crippen LogP contribution < -0.4 is 0 Å². The first kappa shape index (κ1) is 12.5. The number of rotatable bonds is 5. The lowest BCUT2D eigenvalue weighted by atomic mass is 10.2. The lowest BCUT2D eigenvalue weighted by Crippen LogP contribution is -2.36. The van der Waals surface area contributed by atoms with Crippen LogP contribution in [-0.4, -0.2) is 59.2 Å². The fourth-order valence-corrected chi connectivity index (χ4v) is 2.41. The summed E-state index contributed by atoms with van der Waals surface area (Å²) in [6.07, 6.45) is 4.94. The fourth-order valence-electron chi connectivity index (χ4n) is 2.41. The Balaban J connectivity index is 1.82. The summed E-state index contributed by atoms with van der Waals surface area (Å²) in [6.45, 7) is 4.22. The number of hydrogen-bond acceptors (Lipinski definition) is 4. The van der Waals surface area contributed by atoms with Gasteiger partial charge in [0.05, 0.1) is 6.61 Å². The van der Waals surface area contributed by atoms with Gasteiger partial charge in [0.15, 0.2) is 0 Å². The molecule has 0 saturated carbocycles. The number of likely N-dealkylation sites (N-methyl/N-ethyl adjacent to an activating group) is 1. The molecule has 1 aliphatic heterocycles. The third kappa shape index (κ3) is 3.49. The van der Waals surface area contributed by atoms with E-state index in [1.807, 2.05) is 18.5 Å². The highest BCUT2D eigenvalue weighted by Gasteiger charge is 2.25. The van der Waals surface area contributed by atoms with Gasteiger partial charge in [0, 0.05) is 44.6 Å². The quantitative estimate of drug-likeness (QED) is 0.810. The highest BCUT2D eigenvalue weighted by molar-refractivity contribution is 5.08. The second-order valence-electron chi connectivity index (χ2n) is 4.74. The molecular weight excluding hydrogens is 214 g/mol. The normalized spacial score (nSPS) is 21.2. The summed E-state index contributed by atoms with van der Waals surface area (Å²) in [5.74, 6) is 0. The van der Waals surface area contributed by atoms with Crippen molar-refractivity contribution in [3.05, 3.63) is 30.1 Å². The maximum Gasteiger partial charge on any atom is 0.0558 e. The van der Waals surface area contributed by atoms with E-state index in [0.29, 0.717) is 6.04 Å². The van der Waals surface area contributed by atoms with Gasteiger partial charge in [-0.25, -0.2) is 0 Å². The topological polar surface area (TPSA) is 39.6 Å². The van der Waals surface area contributed by atoms with E-state index in [9.17, 15) is 0 Å². The molecule has 0 radical (unpaired) electrons. The number of hydrogen-bond donors (Lipinski definition) is 1. The van der Waals surface area contributed by atoms with Gasteiger partial charge >= 0.3 is 0 Å². The van der Waals surface area contributed by atoms with Crippen LogP contribution in [0.15, 0.2) is 24.5 Å². The second kappa shape index (κ2) is 6.10. The fraction of sp³-hybridized carbons (Fsp3) is 0.615. The largest absolute Gasteiger partial charge is 0.395 e. The van der Waals surface area contributed by atoms with Gasteiger partial charge in [-0.15, -0.1) is 0 Å². The number of aromatic nitrogens is 1. The van der Waals surface area contributed by atoms with E-state index in [2.05, 4.69) is 27.9 Å². The number of aliphatic hydroxyl groups is 1. The van der Waals surface area contributed by atoms with E-state index >= 15 is 0 Å². The molecular formula is C13H21N3O. The predicted molar refractivity (Wildman–Crippen MR) is 67.6 cm³/mol. The Kier molecular flexibility index (Phi) is 4.48. The molecule has 0 aliphatic carbocycles. The number of likely N-dealkylation sites (tertiary alicyclic amines) is 1. The van der Waals surface area contributed by atoms with Gasteiger partial charge in [0.2, 0.25) is 0 Å². The minimum atomic E-state index is 0.246. The summed E-state index contributed by atoms with van der Waals surface area (Å²) < 4.78 is 0. The van der Waals surface area contributed by atoms with Crippen LogP contribution in [0.5, 0.6) is 0 Å². The van der Waals surface area contributed by atoms with Crippen LogP contribution >= 0.6 is 0 Å². The number of aliphatic hydroxyl groups excluding tert-OH is 1. The second-order valence-corrected chi connectivity index (χ2v) is 4.74. The monoisotopic (exact) mass is 235 g/mol. The van der Waals surface area contributed by atoms with E-state index in [0.717, 1.165) is 26.2 Å². The van der Waals surface area contributed by atoms with Crippen molar-refractivity contribution in [2.75, 3.05) is 33.3 Å². The molecule has 1 N–H and O–H groups in total. The lowest BCUT2D eigenvalue weighted by Gasteiger charge is -2.23. The third-order valence-electron chi connectivity index (χ3n) is 3.45. The molecule has 4 heteroatoms. The Morgan fingerprint density at radius 3 is 3.18 bits per heavy atom. The minimum Gasteiger partial charge on any atom is -0.395 e. The summed E-state index contributed by atoms with van der Waals surface area (Å²) in [5, 5.41) is 8.93. The Labute approximate surface area is 103 Å². The van der Waals surface area contributed by atoms with Gasteiger partial charge in [-0.05, 0) is 25.1 Å². The first-order valence-corrected chi connectivity index (χ1v) is 6.22. The average molecular weight is 235 g/mol. The highest BCUT2D eigenvalue weighted by Crippen LogP contribution is 2.16. The van der Waals surface area contributed by atoms with Crippen LogP contribution in [0.25, 0.3) is 0 Å². The molecule has 2 rings (SSSR count). The molecule has 1 saturated heterocycles. The SMILES string of the molecule is CN(CCO)C1CCN(Cc2cccnc2)C1. The zero-order valence-corrected chi connectivity index (χ0v) is 10.4. The zero-order chi connectivity index (χ0) is 12.1. The van der Waals surface area contributed by atoms with Crippen LogP contribution in [0.3, 0.4) is 0 Å². The van der Waals surface area contributed by atoms with Crippen molar-refractivity contribution in [3.8, 4) is 0 Å². The maximum atomic E-state index is 8.93. The average Bonchev–Trinajstić information content (AvgIpc) is 2.79. The minimum absolute atomic E-state index is 0.246. The summed E-state index contributed by atoms with van der Waals surface area (Å²) in [7, 11) is 2.09. The smallest absolute Gasteiger partial charge is 0.0558 e. The molecule has 4 nitrogen and oxygen atoms in total. The van der Waals surface area contributed by atoms with Gasteiger partial charge in [-0.2, -0.15) is 0 Å². The first-order valence-electron chi connectivity index (χ1n) is 6.22. The van der Waals surface area contributed by atoms with Gasteiger partial charge in [-0.3, -0.25) is 14.8 Å². The van der Waals surface area contributed by atoms with Gasteiger partial charge in [0.25, 0.3) is 0 Å². The number of nitrogens with zero attached hydrogens (tertiary/aromatic N) is 3. The molecule has 17 heavy (non-hydrogen) atoms. The van der Waals surface area contributed by atoms with Crippen molar-refractivity contribution < 1.29 is 5.11 Å². The van der Waals surface area contributed by atoms with Gasteiger partial charge in [0.1, 0.15) is 0 Å². The standard InChI is InChI=1S/C13H21N3O/c1-15(7-8-17)13-4-6-16(11-13)10-12-3-2-5-14-9-12/h2-3,5,9,13,17H,4,6-8,10-11H2,1H3. The Morgan fingerprint density at radius 1 is 1.59 bits per heavy atom. The van der Waals surface area contributed by atoms with Crippen molar-refractivity contribution in [3.63, 3.8) is 0 Å². The molecule has 1 aromatic heterocycles. The summed E-state index contributed by atoms with van der Waals surface area (Å²) in [4.78, 5) is 8.85. The van der Waals surface area contributed by atoms with Crippen molar-refractivity contribution >= 4 is 0 Å². The lowest BCUT2D eigenvalue weighted by molar-refractivity contribution is 0.177. The molecule has 94 valence electrons. The van der Waals surface area contributed by atoms with Crippen molar-refractivity contribution in [1.29, 1.82) is 0 Å². The van der Waals surface area contributed by atoms with Gasteiger partial charge in [-0.1, -0.05) is 6.07 Å². The van der Waals surface area contributed by atoms with Crippen LogP contribution in [0.2, 0.25) is 0 Å². The predicted octanol–water partition coefficient (Wildman–Crippen LogP) is 0.580. The molecule has 0 spiro atoms. The van der Waals surface area contributed by atoms with E-state index in [1.54, 1.807) is 0 Å². The third-order valence-corrected chi connectivity index (χ3v) is 3.45. The van der Waals surface area contributed by atoms with E-state index < -0.39 is 0 Å². The van der Waals surface area contributed by atoms with E-state index in [4.69, 9.17) is 5.11 Å². The molecule has 0 amide bonds. The van der Waals surface area contributed by atoms with Crippen LogP contribution in [0.4, 0.5) is 0 Å². The van der Waals surface area contributed by atoms with Crippen LogP contribution in [0.1, 0.15) is 12.0 Å². The highest BCUT2D eigenvalue weighted by atomic mass is 16.3. The molecule has 1 fully saturated rings. The van der Waals surface area contributed by atoms with Crippen molar-refractivity contribution in [2.45, 2.75) is 19.0 Å². The van der Waals surface area contributed by atoms with Gasteiger partial charge < -0.3 is 5.11 Å². The maximum absolute atomic E-state index is 8.93. The molecule has 0 bridgehead atoms. The van der Waals surface area contributed by atoms with E-state index in [-0.39, 0.29) is 6.61 Å². The Bertz CT molecular complexity index is 331.